The summed E-state index contributed by atoms with van der Waals surface area (Å²) < 4.78 is 16.0. The smallest absolute Gasteiger partial charge is 0.230 e. The molecular formula is C29H37FN6O2. The average Bonchev–Trinajstić information content (AvgIpc) is 3.66. The maximum absolute atomic E-state index is 16.0. The number of carbonyl (C=O) groups is 2. The number of alkyl halides is 1. The maximum Gasteiger partial charge on any atom is 0.230 e. The number of amides is 2. The summed E-state index contributed by atoms with van der Waals surface area (Å²) in [6.07, 6.45) is 14.6. The highest BCUT2D eigenvalue weighted by Gasteiger charge is 2.52. The van der Waals surface area contributed by atoms with Gasteiger partial charge in [-0.1, -0.05) is 42.9 Å². The molecular weight excluding hydrogens is 483 g/mol. The van der Waals surface area contributed by atoms with Crippen LogP contribution in [0.15, 0.2) is 52.2 Å². The average molecular weight is 521 g/mol. The Hall–Kier alpha value is -3.25. The lowest BCUT2D eigenvalue weighted by molar-refractivity contribution is -0.121. The van der Waals surface area contributed by atoms with Gasteiger partial charge >= 0.3 is 0 Å². The number of nitrogens with zero attached hydrogens (tertiary/aromatic N) is 4. The van der Waals surface area contributed by atoms with Gasteiger partial charge in [-0.3, -0.25) is 19.5 Å². The number of rotatable bonds is 7. The van der Waals surface area contributed by atoms with Crippen LogP contribution < -0.4 is 11.1 Å². The molecule has 2 unspecified atom stereocenters. The van der Waals surface area contributed by atoms with Crippen molar-refractivity contribution in [2.75, 3.05) is 26.2 Å². The number of hydrogen-bond acceptors (Lipinski definition) is 6. The van der Waals surface area contributed by atoms with E-state index in [4.69, 9.17) is 5.73 Å². The summed E-state index contributed by atoms with van der Waals surface area (Å²) in [7, 11) is 0. The van der Waals surface area contributed by atoms with E-state index in [0.29, 0.717) is 25.4 Å². The van der Waals surface area contributed by atoms with Crippen LogP contribution in [0.3, 0.4) is 0 Å². The molecule has 0 bridgehead atoms. The van der Waals surface area contributed by atoms with Gasteiger partial charge in [0.1, 0.15) is 23.5 Å². The van der Waals surface area contributed by atoms with Crippen molar-refractivity contribution in [3.05, 3.63) is 47.1 Å². The van der Waals surface area contributed by atoms with E-state index in [1.54, 1.807) is 0 Å². The highest BCUT2D eigenvalue weighted by Crippen LogP contribution is 2.39. The van der Waals surface area contributed by atoms with Gasteiger partial charge in [-0.25, -0.2) is 4.39 Å². The van der Waals surface area contributed by atoms with E-state index in [1.165, 1.54) is 21.7 Å². The van der Waals surface area contributed by atoms with Crippen molar-refractivity contribution < 1.29 is 14.0 Å². The Labute approximate surface area is 223 Å². The molecule has 2 heterocycles. The molecule has 4 atom stereocenters. The number of nitriles is 1. The van der Waals surface area contributed by atoms with Crippen LogP contribution in [0.1, 0.15) is 51.9 Å². The third-order valence-electron chi connectivity index (χ3n) is 8.57. The molecule has 38 heavy (non-hydrogen) atoms. The van der Waals surface area contributed by atoms with Crippen molar-refractivity contribution in [1.82, 2.24) is 15.2 Å². The number of hydrogen-bond donors (Lipinski definition) is 2. The molecule has 1 saturated carbocycles. The summed E-state index contributed by atoms with van der Waals surface area (Å²) in [5.74, 6) is -0.951. The van der Waals surface area contributed by atoms with Crippen LogP contribution in [-0.2, 0) is 9.59 Å². The van der Waals surface area contributed by atoms with E-state index in [2.05, 4.69) is 58.7 Å². The molecule has 0 aromatic rings. The largest absolute Gasteiger partial charge is 0.369 e. The van der Waals surface area contributed by atoms with Gasteiger partial charge in [0.15, 0.2) is 0 Å². The summed E-state index contributed by atoms with van der Waals surface area (Å²) in [5.41, 5.74) is 8.53. The molecule has 202 valence electrons. The Bertz CT molecular complexity index is 1180. The van der Waals surface area contributed by atoms with E-state index >= 15 is 4.39 Å². The number of amidine groups is 1. The Kier molecular flexibility index (Phi) is 7.53. The van der Waals surface area contributed by atoms with Crippen molar-refractivity contribution in [1.29, 1.82) is 5.26 Å². The summed E-state index contributed by atoms with van der Waals surface area (Å²) in [6, 6.07) is 2.15. The predicted molar refractivity (Wildman–Crippen MR) is 143 cm³/mol. The first-order valence-electron chi connectivity index (χ1n) is 13.7. The van der Waals surface area contributed by atoms with Crippen LogP contribution in [-0.4, -0.2) is 65.4 Å². The van der Waals surface area contributed by atoms with Crippen LogP contribution in [0.4, 0.5) is 4.39 Å². The predicted octanol–water partition coefficient (Wildman–Crippen LogP) is 3.11. The van der Waals surface area contributed by atoms with Gasteiger partial charge < -0.3 is 11.1 Å². The number of likely N-dealkylation sites (tertiary alicyclic amines) is 1. The standard InChI is InChI=1S/C29H37FN6O2/c1-19-3-2-4-23(15-19)21-7-5-20(6-8-21)16-35-14-12-29(11-13-31,25(30)18-35)36-17-24(26(32)37)27(34-36)33-28(38)22-9-10-22/h2-5,7,19,22,24-25H,6,8-12,14-18H2,1H3,(H2,32,37)(H,33,34,38)/t19?,24?,25-,29+/m0/s1. The minimum absolute atomic E-state index is 0.0579. The molecule has 2 fully saturated rings. The number of carbonyl (C=O) groups excluding carboxylic acids is 2. The molecule has 2 amide bonds. The van der Waals surface area contributed by atoms with E-state index in [-0.39, 0.29) is 37.2 Å². The fourth-order valence-corrected chi connectivity index (χ4v) is 6.00. The molecule has 1 saturated heterocycles. The van der Waals surface area contributed by atoms with Crippen molar-refractivity contribution in [2.24, 2.45) is 28.6 Å². The van der Waals surface area contributed by atoms with Crippen molar-refractivity contribution in [3.63, 3.8) is 0 Å². The SMILES string of the molecule is CC1C=CC=C(C2=CC=C(CN3CC[C@@](CC#N)(N4CC(C(N)=O)C(NC(=O)C5CC5)=N4)[C@@H](F)C3)CC2)C1. The van der Waals surface area contributed by atoms with Crippen LogP contribution in [0.2, 0.25) is 0 Å². The van der Waals surface area contributed by atoms with Gasteiger partial charge in [0.05, 0.1) is 19.0 Å². The van der Waals surface area contributed by atoms with E-state index in [1.807, 2.05) is 0 Å². The minimum Gasteiger partial charge on any atom is -0.369 e. The molecule has 3 N–H and O–H groups in total. The zero-order chi connectivity index (χ0) is 26.9. The number of halogens is 1. The van der Waals surface area contributed by atoms with E-state index in [9.17, 15) is 14.9 Å². The van der Waals surface area contributed by atoms with Gasteiger partial charge in [0, 0.05) is 25.6 Å². The second-order valence-corrected chi connectivity index (χ2v) is 11.5. The first-order valence-corrected chi connectivity index (χ1v) is 13.7. The van der Waals surface area contributed by atoms with E-state index < -0.39 is 23.5 Å². The monoisotopic (exact) mass is 520 g/mol. The van der Waals surface area contributed by atoms with Crippen molar-refractivity contribution in [2.45, 2.75) is 63.6 Å². The molecule has 0 radical (unpaired) electrons. The lowest BCUT2D eigenvalue weighted by Crippen LogP contribution is -2.61. The van der Waals surface area contributed by atoms with Gasteiger partial charge in [0.25, 0.3) is 0 Å². The third-order valence-corrected chi connectivity index (χ3v) is 8.57. The summed E-state index contributed by atoms with van der Waals surface area (Å²) in [4.78, 5) is 26.6. The zero-order valence-electron chi connectivity index (χ0n) is 22.0. The number of primary amides is 1. The topological polar surface area (TPSA) is 115 Å². The Balaban J connectivity index is 1.25. The molecule has 5 aliphatic rings. The van der Waals surface area contributed by atoms with Gasteiger partial charge in [-0.2, -0.15) is 10.4 Å². The maximum atomic E-state index is 16.0. The number of nitrogens with one attached hydrogen (secondary N) is 1. The molecule has 0 aromatic carbocycles. The number of hydrazone groups is 1. The summed E-state index contributed by atoms with van der Waals surface area (Å²) in [5, 5.41) is 18.4. The highest BCUT2D eigenvalue weighted by atomic mass is 19.1. The molecule has 2 aliphatic heterocycles. The van der Waals surface area contributed by atoms with Crippen molar-refractivity contribution in [3.8, 4) is 6.07 Å². The highest BCUT2D eigenvalue weighted by molar-refractivity contribution is 6.10. The third kappa shape index (κ3) is 5.46. The van der Waals surface area contributed by atoms with Gasteiger partial charge in [0.2, 0.25) is 11.8 Å². The summed E-state index contributed by atoms with van der Waals surface area (Å²) >= 11 is 0. The molecule has 5 rings (SSSR count). The lowest BCUT2D eigenvalue weighted by atomic mass is 9.81. The van der Waals surface area contributed by atoms with Crippen molar-refractivity contribution >= 4 is 17.6 Å². The fraction of sp³-hybridized carbons (Fsp3) is 0.586. The van der Waals surface area contributed by atoms with Crippen LogP contribution >= 0.6 is 0 Å². The second-order valence-electron chi connectivity index (χ2n) is 11.5. The molecule has 0 aromatic heterocycles. The molecule has 8 nitrogen and oxygen atoms in total. The Morgan fingerprint density at radius 2 is 2.05 bits per heavy atom. The summed E-state index contributed by atoms with van der Waals surface area (Å²) in [6.45, 7) is 3.79. The van der Waals surface area contributed by atoms with Crippen LogP contribution in [0.5, 0.6) is 0 Å². The normalized spacial score (nSPS) is 31.6. The Morgan fingerprint density at radius 3 is 2.68 bits per heavy atom. The number of allylic oxidation sites excluding steroid dienone is 7. The fourth-order valence-electron chi connectivity index (χ4n) is 6.00. The first kappa shape index (κ1) is 26.4. The molecule has 0 spiro atoms. The number of nitrogens with two attached hydrogens (primary N) is 1. The molecule has 3 aliphatic carbocycles. The number of piperidine rings is 1. The van der Waals surface area contributed by atoms with E-state index in [0.717, 1.165) is 32.1 Å². The van der Waals surface area contributed by atoms with Gasteiger partial charge in [-0.15, -0.1) is 0 Å². The zero-order valence-corrected chi connectivity index (χ0v) is 22.0. The first-order chi connectivity index (χ1) is 18.3. The second kappa shape index (κ2) is 10.9. The Morgan fingerprint density at radius 1 is 1.24 bits per heavy atom. The van der Waals surface area contributed by atoms with Crippen LogP contribution in [0, 0.1) is 29.1 Å². The molecule has 9 heteroatoms. The minimum atomic E-state index is -1.34. The van der Waals surface area contributed by atoms with Gasteiger partial charge in [-0.05, 0) is 55.6 Å². The quantitative estimate of drug-likeness (QED) is 0.535. The lowest BCUT2D eigenvalue weighted by Gasteiger charge is -2.47. The van der Waals surface area contributed by atoms with Crippen LogP contribution in [0.25, 0.3) is 0 Å².